The minimum Gasteiger partial charge on any atom is -0.378 e. The minimum absolute atomic E-state index is 0.219. The summed E-state index contributed by atoms with van der Waals surface area (Å²) in [5.41, 5.74) is 8.31. The van der Waals surface area contributed by atoms with E-state index in [4.69, 9.17) is 10.5 Å². The lowest BCUT2D eigenvalue weighted by molar-refractivity contribution is 0.122. The molecule has 1 fully saturated rings. The van der Waals surface area contributed by atoms with E-state index in [1.807, 2.05) is 24.3 Å². The zero-order valence-corrected chi connectivity index (χ0v) is 14.5. The normalized spacial score (nSPS) is 13.7. The van der Waals surface area contributed by atoms with Crippen LogP contribution in [0.15, 0.2) is 42.9 Å². The van der Waals surface area contributed by atoms with E-state index in [1.54, 1.807) is 18.6 Å². The molecule has 8 heteroatoms. The van der Waals surface area contributed by atoms with Crippen LogP contribution in [0.25, 0.3) is 11.3 Å². The molecule has 0 atom stereocenters. The van der Waals surface area contributed by atoms with Crippen LogP contribution in [0.5, 0.6) is 0 Å². The van der Waals surface area contributed by atoms with E-state index in [0.29, 0.717) is 36.2 Å². The molecule has 0 spiro atoms. The number of aromatic nitrogens is 5. The first kappa shape index (κ1) is 16.9. The van der Waals surface area contributed by atoms with Crippen LogP contribution >= 0.6 is 0 Å². The monoisotopic (exact) mass is 359 g/mol. The summed E-state index contributed by atoms with van der Waals surface area (Å²) < 4.78 is 5.42. The molecule has 0 saturated carbocycles. The fourth-order valence-electron chi connectivity index (χ4n) is 2.59. The average molecular weight is 359 g/mol. The second-order valence-corrected chi connectivity index (χ2v) is 5.83. The van der Waals surface area contributed by atoms with Crippen LogP contribution in [0, 0.1) is 11.8 Å². The summed E-state index contributed by atoms with van der Waals surface area (Å²) in [5, 5.41) is 0. The summed E-state index contributed by atoms with van der Waals surface area (Å²) in [6, 6.07) is 7.42. The Hall–Kier alpha value is -3.57. The summed E-state index contributed by atoms with van der Waals surface area (Å²) in [4.78, 5) is 23.7. The Morgan fingerprint density at radius 2 is 1.74 bits per heavy atom. The molecule has 0 aromatic carbocycles. The van der Waals surface area contributed by atoms with Gasteiger partial charge < -0.3 is 15.4 Å². The molecule has 0 bridgehead atoms. The van der Waals surface area contributed by atoms with Gasteiger partial charge in [-0.3, -0.25) is 0 Å². The van der Waals surface area contributed by atoms with Gasteiger partial charge in [0.1, 0.15) is 11.4 Å². The molecule has 1 aliphatic heterocycles. The number of morpholine rings is 1. The molecule has 4 rings (SSSR count). The lowest BCUT2D eigenvalue weighted by atomic mass is 10.2. The van der Waals surface area contributed by atoms with Crippen LogP contribution in [-0.4, -0.2) is 51.2 Å². The Balaban J connectivity index is 1.74. The fraction of sp³-hybridized carbons (Fsp3) is 0.211. The topological polar surface area (TPSA) is 103 Å². The van der Waals surface area contributed by atoms with E-state index in [9.17, 15) is 0 Å². The molecule has 0 amide bonds. The number of nitrogens with two attached hydrogens (primary N) is 1. The molecule has 4 heterocycles. The quantitative estimate of drug-likeness (QED) is 0.680. The molecule has 27 heavy (non-hydrogen) atoms. The maximum atomic E-state index is 5.59. The van der Waals surface area contributed by atoms with Gasteiger partial charge in [-0.25, -0.2) is 24.9 Å². The molecule has 1 saturated heterocycles. The Morgan fingerprint density at radius 3 is 2.48 bits per heavy atom. The first-order valence-electron chi connectivity index (χ1n) is 8.51. The Kier molecular flexibility index (Phi) is 4.85. The predicted octanol–water partition coefficient (Wildman–Crippen LogP) is 1.15. The van der Waals surface area contributed by atoms with Crippen molar-refractivity contribution in [2.24, 2.45) is 0 Å². The summed E-state index contributed by atoms with van der Waals surface area (Å²) in [7, 11) is 0. The summed E-state index contributed by atoms with van der Waals surface area (Å²) >= 11 is 0. The summed E-state index contributed by atoms with van der Waals surface area (Å²) in [5.74, 6) is 6.94. The molecule has 1 aliphatic rings. The van der Waals surface area contributed by atoms with Crippen molar-refractivity contribution in [2.75, 3.05) is 36.9 Å². The van der Waals surface area contributed by atoms with E-state index < -0.39 is 0 Å². The highest BCUT2D eigenvalue weighted by atomic mass is 16.5. The third-order valence-corrected chi connectivity index (χ3v) is 3.96. The smallest absolute Gasteiger partial charge is 0.227 e. The Bertz CT molecular complexity index is 974. The van der Waals surface area contributed by atoms with Gasteiger partial charge in [-0.05, 0) is 30.0 Å². The van der Waals surface area contributed by atoms with Crippen molar-refractivity contribution in [2.45, 2.75) is 0 Å². The molecular formula is C19H17N7O. The average Bonchev–Trinajstić information content (AvgIpc) is 2.74. The molecule has 3 aromatic rings. The molecule has 0 unspecified atom stereocenters. The zero-order chi connectivity index (χ0) is 18.5. The van der Waals surface area contributed by atoms with Gasteiger partial charge in [-0.2, -0.15) is 0 Å². The first-order chi connectivity index (χ1) is 13.3. The lowest BCUT2D eigenvalue weighted by Gasteiger charge is -2.27. The van der Waals surface area contributed by atoms with E-state index in [1.165, 1.54) is 0 Å². The van der Waals surface area contributed by atoms with Crippen LogP contribution in [0.1, 0.15) is 11.4 Å². The maximum Gasteiger partial charge on any atom is 0.227 e. The third-order valence-electron chi connectivity index (χ3n) is 3.96. The molecule has 8 nitrogen and oxygen atoms in total. The summed E-state index contributed by atoms with van der Waals surface area (Å²) in [6.07, 6.45) is 4.99. The van der Waals surface area contributed by atoms with Crippen LogP contribution in [0.3, 0.4) is 0 Å². The first-order valence-corrected chi connectivity index (χ1v) is 8.51. The number of anilines is 2. The van der Waals surface area contributed by atoms with Crippen LogP contribution in [0.4, 0.5) is 11.9 Å². The number of hydrogen-bond acceptors (Lipinski definition) is 8. The van der Waals surface area contributed by atoms with E-state index in [0.717, 1.165) is 18.7 Å². The largest absolute Gasteiger partial charge is 0.378 e. The van der Waals surface area contributed by atoms with E-state index >= 15 is 0 Å². The van der Waals surface area contributed by atoms with Gasteiger partial charge in [0, 0.05) is 37.2 Å². The van der Waals surface area contributed by atoms with Crippen molar-refractivity contribution in [1.29, 1.82) is 0 Å². The summed E-state index contributed by atoms with van der Waals surface area (Å²) in [6.45, 7) is 2.75. The van der Waals surface area contributed by atoms with Crippen LogP contribution < -0.4 is 10.6 Å². The van der Waals surface area contributed by atoms with Gasteiger partial charge in [-0.15, -0.1) is 0 Å². The lowest BCUT2D eigenvalue weighted by Crippen LogP contribution is -2.37. The maximum absolute atomic E-state index is 5.59. The Morgan fingerprint density at radius 1 is 0.963 bits per heavy atom. The zero-order valence-electron chi connectivity index (χ0n) is 14.5. The molecule has 0 aliphatic carbocycles. The Labute approximate surface area is 156 Å². The highest BCUT2D eigenvalue weighted by Crippen LogP contribution is 2.20. The molecule has 2 N–H and O–H groups in total. The van der Waals surface area contributed by atoms with Crippen molar-refractivity contribution in [3.8, 4) is 23.1 Å². The standard InChI is InChI=1S/C19H17N7O/c20-18-22-12-14(13-23-18)17-11-16(5-4-15-3-1-2-6-21-15)24-19(25-17)26-7-9-27-10-8-26/h1-3,6,11-13H,7-10H2,(H2,20,22,23). The van der Waals surface area contributed by atoms with Gasteiger partial charge in [0.05, 0.1) is 18.9 Å². The van der Waals surface area contributed by atoms with Crippen molar-refractivity contribution in [3.63, 3.8) is 0 Å². The number of ether oxygens (including phenoxy) is 1. The SMILES string of the molecule is Nc1ncc(-c2cc(C#Cc3ccccn3)nc(N3CCOCC3)n2)cn1. The van der Waals surface area contributed by atoms with Crippen molar-refractivity contribution in [3.05, 3.63) is 54.2 Å². The van der Waals surface area contributed by atoms with Crippen molar-refractivity contribution in [1.82, 2.24) is 24.9 Å². The van der Waals surface area contributed by atoms with E-state index in [2.05, 4.69) is 41.7 Å². The number of rotatable bonds is 2. The van der Waals surface area contributed by atoms with Gasteiger partial charge >= 0.3 is 0 Å². The number of hydrogen-bond donors (Lipinski definition) is 1. The minimum atomic E-state index is 0.219. The number of pyridine rings is 1. The van der Waals surface area contributed by atoms with Crippen molar-refractivity contribution >= 4 is 11.9 Å². The van der Waals surface area contributed by atoms with E-state index in [-0.39, 0.29) is 5.95 Å². The second kappa shape index (κ2) is 7.76. The van der Waals surface area contributed by atoms with Crippen LogP contribution in [0.2, 0.25) is 0 Å². The molecular weight excluding hydrogens is 342 g/mol. The molecule has 134 valence electrons. The number of nitrogens with zero attached hydrogens (tertiary/aromatic N) is 6. The third kappa shape index (κ3) is 4.16. The van der Waals surface area contributed by atoms with Gasteiger partial charge in [-0.1, -0.05) is 6.07 Å². The number of nitrogen functional groups attached to an aromatic ring is 1. The predicted molar refractivity (Wildman–Crippen MR) is 101 cm³/mol. The highest BCUT2D eigenvalue weighted by molar-refractivity contribution is 5.61. The van der Waals surface area contributed by atoms with Crippen LogP contribution in [-0.2, 0) is 4.74 Å². The second-order valence-electron chi connectivity index (χ2n) is 5.83. The van der Waals surface area contributed by atoms with Gasteiger partial charge in [0.25, 0.3) is 0 Å². The molecule has 0 radical (unpaired) electrons. The fourth-order valence-corrected chi connectivity index (χ4v) is 2.59. The highest BCUT2D eigenvalue weighted by Gasteiger charge is 2.16. The molecule has 3 aromatic heterocycles. The van der Waals surface area contributed by atoms with Gasteiger partial charge in [0.2, 0.25) is 11.9 Å². The van der Waals surface area contributed by atoms with Crippen molar-refractivity contribution < 1.29 is 4.74 Å². The van der Waals surface area contributed by atoms with Gasteiger partial charge in [0.15, 0.2) is 0 Å².